The summed E-state index contributed by atoms with van der Waals surface area (Å²) in [5.74, 6) is -2.17. The van der Waals surface area contributed by atoms with Crippen LogP contribution in [0.2, 0.25) is 0 Å². The van der Waals surface area contributed by atoms with Crippen LogP contribution in [0.4, 0.5) is 8.78 Å². The molecule has 1 unspecified atom stereocenters. The number of Topliss-reactive ketones (excluding diaryl/α,β-unsaturated/α-hetero) is 1. The lowest BCUT2D eigenvalue weighted by Crippen LogP contribution is -2.33. The number of hydrogen-bond donors (Lipinski definition) is 2. The summed E-state index contributed by atoms with van der Waals surface area (Å²) in [4.78, 5) is 22.8. The van der Waals surface area contributed by atoms with Crippen molar-refractivity contribution in [2.45, 2.75) is 83.7 Å². The van der Waals surface area contributed by atoms with Gasteiger partial charge < -0.3 is 10.2 Å². The average Bonchev–Trinajstić information content (AvgIpc) is 2.94. The van der Waals surface area contributed by atoms with Crippen molar-refractivity contribution in [1.29, 1.82) is 0 Å². The second-order valence-electron chi connectivity index (χ2n) is 7.32. The molecule has 0 aromatic rings. The van der Waals surface area contributed by atoms with Gasteiger partial charge in [0.25, 0.3) is 0 Å². The normalized spacial score (nSPS) is 24.5. The van der Waals surface area contributed by atoms with Crippen LogP contribution in [-0.2, 0) is 9.59 Å². The van der Waals surface area contributed by atoms with Crippen LogP contribution in [0.25, 0.3) is 0 Å². The molecule has 0 aromatic carbocycles. The van der Waals surface area contributed by atoms with E-state index in [1.165, 1.54) is 0 Å². The fourth-order valence-electron chi connectivity index (χ4n) is 3.59. The van der Waals surface area contributed by atoms with Gasteiger partial charge in [0.1, 0.15) is 5.78 Å². The minimum atomic E-state index is -2.59. The highest BCUT2D eigenvalue weighted by Crippen LogP contribution is 2.49. The Labute approximate surface area is 160 Å². The number of aliphatic hydroxyl groups excluding tert-OH is 1. The number of ketones is 1. The van der Waals surface area contributed by atoms with Gasteiger partial charge in [0.2, 0.25) is 6.43 Å². The van der Waals surface area contributed by atoms with Crippen molar-refractivity contribution in [2.75, 3.05) is 0 Å². The van der Waals surface area contributed by atoms with E-state index >= 15 is 0 Å². The maximum Gasteiger partial charge on any atom is 0.332 e. The van der Waals surface area contributed by atoms with Crippen LogP contribution in [0.3, 0.4) is 0 Å². The van der Waals surface area contributed by atoms with E-state index in [0.29, 0.717) is 6.42 Å². The third kappa shape index (κ3) is 7.17. The number of rotatable bonds is 13. The molecule has 3 atom stereocenters. The molecule has 1 aliphatic carbocycles. The van der Waals surface area contributed by atoms with E-state index in [4.69, 9.17) is 5.11 Å². The van der Waals surface area contributed by atoms with Gasteiger partial charge in [-0.3, -0.25) is 4.79 Å². The van der Waals surface area contributed by atoms with Crippen molar-refractivity contribution >= 4 is 11.8 Å². The number of carboxylic acids is 1. The second-order valence-corrected chi connectivity index (χ2v) is 7.32. The molecule has 2 N–H and O–H groups in total. The maximum absolute atomic E-state index is 13.9. The molecule has 154 valence electrons. The lowest BCUT2D eigenvalue weighted by molar-refractivity contribution is -0.146. The van der Waals surface area contributed by atoms with Crippen LogP contribution in [0.5, 0.6) is 0 Å². The third-order valence-corrected chi connectivity index (χ3v) is 5.33. The van der Waals surface area contributed by atoms with E-state index in [0.717, 1.165) is 32.1 Å². The lowest BCUT2D eigenvalue weighted by Gasteiger charge is -2.30. The molecule has 0 heterocycles. The van der Waals surface area contributed by atoms with Gasteiger partial charge in [0.15, 0.2) is 6.10 Å². The van der Waals surface area contributed by atoms with E-state index in [9.17, 15) is 23.5 Å². The topological polar surface area (TPSA) is 74.6 Å². The van der Waals surface area contributed by atoms with Crippen molar-refractivity contribution in [1.82, 2.24) is 0 Å². The minimum absolute atomic E-state index is 0.0576. The van der Waals surface area contributed by atoms with Crippen molar-refractivity contribution in [3.63, 3.8) is 0 Å². The Balaban J connectivity index is 2.66. The van der Waals surface area contributed by atoms with Crippen molar-refractivity contribution < 1.29 is 28.6 Å². The number of allylic oxidation sites excluding steroid dienone is 4. The Hall–Kier alpha value is -1.56. The number of aliphatic hydroxyl groups is 1. The predicted octanol–water partition coefficient (Wildman–Crippen LogP) is 4.92. The summed E-state index contributed by atoms with van der Waals surface area (Å²) in [6, 6.07) is 0. The quantitative estimate of drug-likeness (QED) is 0.348. The molecule has 1 aliphatic rings. The Morgan fingerprint density at radius 1 is 1.22 bits per heavy atom. The molecule has 27 heavy (non-hydrogen) atoms. The largest absolute Gasteiger partial charge is 0.479 e. The summed E-state index contributed by atoms with van der Waals surface area (Å²) in [5.41, 5.74) is -1.40. The van der Waals surface area contributed by atoms with Gasteiger partial charge in [-0.15, -0.1) is 0 Å². The molecular weight excluding hydrogens is 354 g/mol. The molecule has 0 amide bonds. The number of hydrogen-bond acceptors (Lipinski definition) is 3. The number of carbonyl (C=O) groups is 2. The summed E-state index contributed by atoms with van der Waals surface area (Å²) < 4.78 is 27.8. The molecule has 0 radical (unpaired) electrons. The van der Waals surface area contributed by atoms with Crippen molar-refractivity contribution in [3.05, 3.63) is 24.3 Å². The Morgan fingerprint density at radius 3 is 2.59 bits per heavy atom. The fraction of sp³-hybridized carbons (Fsp3) is 0.714. The summed E-state index contributed by atoms with van der Waals surface area (Å²) >= 11 is 0. The Bertz CT molecular complexity index is 530. The minimum Gasteiger partial charge on any atom is -0.479 e. The molecule has 0 aliphatic heterocycles. The van der Waals surface area contributed by atoms with Crippen LogP contribution in [-0.4, -0.2) is 34.5 Å². The van der Waals surface area contributed by atoms with Gasteiger partial charge in [-0.1, -0.05) is 50.5 Å². The molecule has 1 rings (SSSR count). The SMILES string of the molecule is CCCCCCC=C[C@@]1(C(F)F)CCC(=O)[C@@H]1CC=CCCC(O)C(=O)O. The summed E-state index contributed by atoms with van der Waals surface area (Å²) in [7, 11) is 0. The Kier molecular flexibility index (Phi) is 10.4. The van der Waals surface area contributed by atoms with Gasteiger partial charge >= 0.3 is 5.97 Å². The van der Waals surface area contributed by atoms with Gasteiger partial charge in [-0.05, 0) is 38.5 Å². The summed E-state index contributed by atoms with van der Waals surface area (Å²) in [6.45, 7) is 2.12. The van der Waals surface area contributed by atoms with E-state index < -0.39 is 29.8 Å². The highest BCUT2D eigenvalue weighted by atomic mass is 19.3. The Morgan fingerprint density at radius 2 is 1.96 bits per heavy atom. The molecule has 4 nitrogen and oxygen atoms in total. The van der Waals surface area contributed by atoms with Crippen molar-refractivity contribution in [3.8, 4) is 0 Å². The van der Waals surface area contributed by atoms with Crippen LogP contribution in [0, 0.1) is 11.3 Å². The first-order valence-electron chi connectivity index (χ1n) is 9.89. The summed E-state index contributed by atoms with van der Waals surface area (Å²) in [5, 5.41) is 17.8. The molecule has 0 aromatic heterocycles. The molecule has 0 bridgehead atoms. The van der Waals surface area contributed by atoms with E-state index in [2.05, 4.69) is 6.92 Å². The van der Waals surface area contributed by atoms with Gasteiger partial charge in [-0.2, -0.15) is 0 Å². The molecule has 0 spiro atoms. The van der Waals surface area contributed by atoms with Gasteiger partial charge in [0.05, 0.1) is 5.41 Å². The number of carboxylic acid groups (broad SMARTS) is 1. The monoisotopic (exact) mass is 386 g/mol. The predicted molar refractivity (Wildman–Crippen MR) is 101 cm³/mol. The zero-order chi connectivity index (χ0) is 20.3. The molecule has 0 saturated heterocycles. The maximum atomic E-state index is 13.9. The highest BCUT2D eigenvalue weighted by molar-refractivity contribution is 5.85. The molecule has 1 fully saturated rings. The first-order valence-corrected chi connectivity index (χ1v) is 9.89. The first-order chi connectivity index (χ1) is 12.8. The zero-order valence-corrected chi connectivity index (χ0v) is 16.1. The highest BCUT2D eigenvalue weighted by Gasteiger charge is 2.51. The number of alkyl halides is 2. The number of carbonyl (C=O) groups excluding carboxylic acids is 1. The average molecular weight is 386 g/mol. The smallest absolute Gasteiger partial charge is 0.332 e. The lowest BCUT2D eigenvalue weighted by atomic mass is 9.75. The van der Waals surface area contributed by atoms with E-state index in [1.54, 1.807) is 24.3 Å². The zero-order valence-electron chi connectivity index (χ0n) is 16.1. The van der Waals surface area contributed by atoms with Crippen molar-refractivity contribution in [2.24, 2.45) is 11.3 Å². The third-order valence-electron chi connectivity index (χ3n) is 5.33. The van der Waals surface area contributed by atoms with Gasteiger partial charge in [-0.25, -0.2) is 13.6 Å². The van der Waals surface area contributed by atoms with E-state index in [1.807, 2.05) is 0 Å². The van der Waals surface area contributed by atoms with Crippen LogP contribution in [0.1, 0.15) is 71.1 Å². The molecular formula is C21H32F2O4. The first kappa shape index (κ1) is 23.5. The number of aliphatic carboxylic acids is 1. The standard InChI is InChI=1S/C21H32F2O4/c1-2-3-4-5-6-10-14-21(20(22)23)15-13-17(24)16(21)11-8-7-9-12-18(25)19(26)27/h7-8,10,14,16,18,20,25H,2-6,9,11-13,15H2,1H3,(H,26,27)/t16-,18?,21+/m0/s1. The van der Waals surface area contributed by atoms with Crippen LogP contribution >= 0.6 is 0 Å². The molecule has 6 heteroatoms. The summed E-state index contributed by atoms with van der Waals surface area (Å²) in [6.07, 6.45) is 8.65. The fourth-order valence-corrected chi connectivity index (χ4v) is 3.59. The number of unbranched alkanes of at least 4 members (excludes halogenated alkanes) is 4. The van der Waals surface area contributed by atoms with Crippen LogP contribution < -0.4 is 0 Å². The second kappa shape index (κ2) is 12.0. The molecule has 1 saturated carbocycles. The number of halogens is 2. The van der Waals surface area contributed by atoms with E-state index in [-0.39, 0.29) is 31.5 Å². The van der Waals surface area contributed by atoms with Crippen LogP contribution in [0.15, 0.2) is 24.3 Å². The van der Waals surface area contributed by atoms with Gasteiger partial charge in [0, 0.05) is 12.3 Å².